The summed E-state index contributed by atoms with van der Waals surface area (Å²) in [5.74, 6) is 1.74. The molecule has 0 fully saturated rings. The SMILES string of the molecule is C=CCOc1cc2oc(=O)c(CC(=O)c3ccc(OC)c(-c4cccc(OC)c4)c3)cc2cc1C. The Morgan fingerprint density at radius 1 is 1.00 bits per heavy atom. The van der Waals surface area contributed by atoms with Gasteiger partial charge in [-0.1, -0.05) is 24.8 Å². The van der Waals surface area contributed by atoms with Crippen LogP contribution in [0, 0.1) is 6.92 Å². The van der Waals surface area contributed by atoms with Gasteiger partial charge >= 0.3 is 5.63 Å². The highest BCUT2D eigenvalue weighted by Crippen LogP contribution is 2.33. The molecule has 1 heterocycles. The van der Waals surface area contributed by atoms with Gasteiger partial charge in [-0.2, -0.15) is 0 Å². The van der Waals surface area contributed by atoms with Crippen LogP contribution in [0.3, 0.4) is 0 Å². The third-order valence-electron chi connectivity index (χ3n) is 5.71. The van der Waals surface area contributed by atoms with Crippen LogP contribution in [-0.2, 0) is 6.42 Å². The van der Waals surface area contributed by atoms with Crippen molar-refractivity contribution < 1.29 is 23.4 Å². The van der Waals surface area contributed by atoms with Gasteiger partial charge in [0.25, 0.3) is 0 Å². The van der Waals surface area contributed by atoms with Crippen LogP contribution in [0.5, 0.6) is 17.2 Å². The van der Waals surface area contributed by atoms with Crippen LogP contribution in [0.1, 0.15) is 21.5 Å². The first-order chi connectivity index (χ1) is 16.9. The molecule has 0 amide bonds. The van der Waals surface area contributed by atoms with E-state index in [1.807, 2.05) is 37.3 Å². The Kier molecular flexibility index (Phi) is 7.01. The summed E-state index contributed by atoms with van der Waals surface area (Å²) < 4.78 is 22.0. The summed E-state index contributed by atoms with van der Waals surface area (Å²) in [5, 5.41) is 0.725. The number of carbonyl (C=O) groups is 1. The van der Waals surface area contributed by atoms with Crippen LogP contribution in [0.25, 0.3) is 22.1 Å². The second-order valence-corrected chi connectivity index (χ2v) is 8.06. The zero-order valence-corrected chi connectivity index (χ0v) is 19.9. The summed E-state index contributed by atoms with van der Waals surface area (Å²) in [6, 6.07) is 18.0. The minimum absolute atomic E-state index is 0.0874. The molecule has 0 saturated carbocycles. The van der Waals surface area contributed by atoms with Gasteiger partial charge in [0.05, 0.1) is 14.2 Å². The van der Waals surface area contributed by atoms with Crippen LogP contribution in [-0.4, -0.2) is 26.6 Å². The smallest absolute Gasteiger partial charge is 0.339 e. The zero-order valence-electron chi connectivity index (χ0n) is 19.9. The summed E-state index contributed by atoms with van der Waals surface area (Å²) in [6.07, 6.45) is 1.56. The Morgan fingerprint density at radius 2 is 1.83 bits per heavy atom. The highest BCUT2D eigenvalue weighted by molar-refractivity contribution is 5.99. The van der Waals surface area contributed by atoms with E-state index in [-0.39, 0.29) is 12.2 Å². The summed E-state index contributed by atoms with van der Waals surface area (Å²) >= 11 is 0. The van der Waals surface area contributed by atoms with E-state index in [9.17, 15) is 9.59 Å². The van der Waals surface area contributed by atoms with Gasteiger partial charge in [0.2, 0.25) is 0 Å². The fourth-order valence-corrected chi connectivity index (χ4v) is 3.91. The summed E-state index contributed by atoms with van der Waals surface area (Å²) in [5.41, 5.74) is 3.11. The number of rotatable bonds is 9. The van der Waals surface area contributed by atoms with Crippen molar-refractivity contribution in [2.75, 3.05) is 20.8 Å². The maximum absolute atomic E-state index is 13.2. The third-order valence-corrected chi connectivity index (χ3v) is 5.71. The molecule has 4 rings (SSSR count). The van der Waals surface area contributed by atoms with Crippen molar-refractivity contribution in [1.82, 2.24) is 0 Å². The summed E-state index contributed by atoms with van der Waals surface area (Å²) in [6.45, 7) is 5.90. The Labute approximate surface area is 203 Å². The molecule has 0 atom stereocenters. The van der Waals surface area contributed by atoms with E-state index in [4.69, 9.17) is 18.6 Å². The number of ether oxygens (including phenoxy) is 3. The summed E-state index contributed by atoms with van der Waals surface area (Å²) in [4.78, 5) is 25.8. The van der Waals surface area contributed by atoms with Crippen LogP contribution < -0.4 is 19.8 Å². The first-order valence-electron chi connectivity index (χ1n) is 11.1. The van der Waals surface area contributed by atoms with Gasteiger partial charge in [-0.25, -0.2) is 4.79 Å². The lowest BCUT2D eigenvalue weighted by Crippen LogP contribution is -2.13. The molecule has 0 aliphatic rings. The van der Waals surface area contributed by atoms with Gasteiger partial charge in [0, 0.05) is 34.6 Å². The molecule has 35 heavy (non-hydrogen) atoms. The van der Waals surface area contributed by atoms with Crippen LogP contribution in [0.4, 0.5) is 0 Å². The number of benzene rings is 3. The van der Waals surface area contributed by atoms with Gasteiger partial charge in [-0.3, -0.25) is 4.79 Å². The second-order valence-electron chi connectivity index (χ2n) is 8.06. The fourth-order valence-electron chi connectivity index (χ4n) is 3.91. The number of fused-ring (bicyclic) bond motifs is 1. The van der Waals surface area contributed by atoms with Crippen molar-refractivity contribution in [2.45, 2.75) is 13.3 Å². The standard InChI is InChI=1S/C29H26O6/c1-5-11-34-27-17-28-21(12-18(27)2)13-22(29(31)35-28)16-25(30)20-9-10-26(33-4)24(15-20)19-7-6-8-23(14-19)32-3/h5-10,12-15,17H,1,11,16H2,2-4H3. The van der Waals surface area contributed by atoms with Gasteiger partial charge < -0.3 is 18.6 Å². The number of Topliss-reactive ketones (excluding diaryl/α,β-unsaturated/α-hetero) is 1. The van der Waals surface area contributed by atoms with Crippen molar-refractivity contribution >= 4 is 16.8 Å². The molecule has 0 bridgehead atoms. The molecule has 1 aromatic heterocycles. The number of hydrogen-bond donors (Lipinski definition) is 0. The Morgan fingerprint density at radius 3 is 2.57 bits per heavy atom. The predicted molar refractivity (Wildman–Crippen MR) is 136 cm³/mol. The van der Waals surface area contributed by atoms with E-state index in [1.54, 1.807) is 50.6 Å². The topological polar surface area (TPSA) is 75.0 Å². The summed E-state index contributed by atoms with van der Waals surface area (Å²) in [7, 11) is 3.18. The molecule has 6 nitrogen and oxygen atoms in total. The first kappa shape index (κ1) is 23.8. The van der Waals surface area contributed by atoms with E-state index in [0.717, 1.165) is 22.1 Å². The monoisotopic (exact) mass is 470 g/mol. The van der Waals surface area contributed by atoms with Crippen LogP contribution in [0.15, 0.2) is 82.5 Å². The molecule has 3 aromatic carbocycles. The largest absolute Gasteiger partial charge is 0.497 e. The lowest BCUT2D eigenvalue weighted by atomic mass is 9.97. The van der Waals surface area contributed by atoms with Crippen molar-refractivity contribution in [3.63, 3.8) is 0 Å². The minimum Gasteiger partial charge on any atom is -0.497 e. The van der Waals surface area contributed by atoms with E-state index in [0.29, 0.717) is 40.6 Å². The maximum atomic E-state index is 13.2. The van der Waals surface area contributed by atoms with Gasteiger partial charge in [0.15, 0.2) is 5.78 Å². The molecule has 0 saturated heterocycles. The average Bonchev–Trinajstić information content (AvgIpc) is 2.88. The Bertz CT molecular complexity index is 1460. The maximum Gasteiger partial charge on any atom is 0.339 e. The molecule has 0 unspecified atom stereocenters. The molecule has 0 spiro atoms. The second kappa shape index (κ2) is 10.3. The lowest BCUT2D eigenvalue weighted by molar-refractivity contribution is 0.0992. The number of carbonyl (C=O) groups excluding carboxylic acids is 1. The zero-order chi connectivity index (χ0) is 24.9. The molecule has 0 aliphatic heterocycles. The first-order valence-corrected chi connectivity index (χ1v) is 11.1. The van der Waals surface area contributed by atoms with Crippen LogP contribution >= 0.6 is 0 Å². The van der Waals surface area contributed by atoms with E-state index in [1.165, 1.54) is 0 Å². The molecule has 4 aromatic rings. The predicted octanol–water partition coefficient (Wildman–Crippen LogP) is 5.78. The van der Waals surface area contributed by atoms with Crippen molar-refractivity contribution in [3.05, 3.63) is 100 Å². The number of aryl methyl sites for hydroxylation is 1. The lowest BCUT2D eigenvalue weighted by Gasteiger charge is -2.12. The molecule has 0 aliphatic carbocycles. The molecule has 0 radical (unpaired) electrons. The van der Waals surface area contributed by atoms with E-state index >= 15 is 0 Å². The highest BCUT2D eigenvalue weighted by Gasteiger charge is 2.16. The Balaban J connectivity index is 1.66. The number of hydrogen-bond acceptors (Lipinski definition) is 6. The van der Waals surface area contributed by atoms with Crippen molar-refractivity contribution in [1.29, 1.82) is 0 Å². The van der Waals surface area contributed by atoms with Crippen molar-refractivity contribution in [2.24, 2.45) is 0 Å². The molecular formula is C29H26O6. The highest BCUT2D eigenvalue weighted by atomic mass is 16.5. The third kappa shape index (κ3) is 5.11. The van der Waals surface area contributed by atoms with Gasteiger partial charge in [-0.05, 0) is 60.5 Å². The quantitative estimate of drug-likeness (QED) is 0.175. The molecular weight excluding hydrogens is 444 g/mol. The number of ketones is 1. The molecule has 0 N–H and O–H groups in total. The molecule has 6 heteroatoms. The fraction of sp³-hybridized carbons (Fsp3) is 0.172. The average molecular weight is 471 g/mol. The Hall–Kier alpha value is -4.32. The molecule has 178 valence electrons. The number of methoxy groups -OCH3 is 2. The minimum atomic E-state index is -0.550. The van der Waals surface area contributed by atoms with Crippen molar-refractivity contribution in [3.8, 4) is 28.4 Å². The van der Waals surface area contributed by atoms with Gasteiger partial charge in [-0.15, -0.1) is 0 Å². The van der Waals surface area contributed by atoms with E-state index in [2.05, 4.69) is 6.58 Å². The van der Waals surface area contributed by atoms with Crippen LogP contribution in [0.2, 0.25) is 0 Å². The van der Waals surface area contributed by atoms with E-state index < -0.39 is 5.63 Å². The normalized spacial score (nSPS) is 10.7. The van der Waals surface area contributed by atoms with Gasteiger partial charge in [0.1, 0.15) is 29.4 Å².